The molecule has 0 radical (unpaired) electrons. The van der Waals surface area contributed by atoms with Crippen LogP contribution in [0.3, 0.4) is 0 Å². The van der Waals surface area contributed by atoms with Gasteiger partial charge in [-0.2, -0.15) is 4.31 Å². The number of hydrogen-bond acceptors (Lipinski definition) is 4. The fourth-order valence-electron chi connectivity index (χ4n) is 4.75. The summed E-state index contributed by atoms with van der Waals surface area (Å²) >= 11 is 0. The van der Waals surface area contributed by atoms with E-state index in [1.54, 1.807) is 30.1 Å². The van der Waals surface area contributed by atoms with Crippen LogP contribution in [0.25, 0.3) is 0 Å². The van der Waals surface area contributed by atoms with E-state index in [0.717, 1.165) is 37.7 Å². The van der Waals surface area contributed by atoms with E-state index < -0.39 is 10.0 Å². The summed E-state index contributed by atoms with van der Waals surface area (Å²) in [4.78, 5) is 15.3. The van der Waals surface area contributed by atoms with Crippen molar-refractivity contribution < 1.29 is 17.9 Å². The molecule has 1 aliphatic heterocycles. The van der Waals surface area contributed by atoms with Crippen LogP contribution < -0.4 is 0 Å². The van der Waals surface area contributed by atoms with Crippen molar-refractivity contribution in [1.29, 1.82) is 0 Å². The van der Waals surface area contributed by atoms with Gasteiger partial charge in [-0.05, 0) is 43.5 Å². The van der Waals surface area contributed by atoms with Crippen LogP contribution in [0.5, 0.6) is 0 Å². The van der Waals surface area contributed by atoms with Gasteiger partial charge in [0.15, 0.2) is 0 Å². The molecular formula is C25H32N2O4S. The first-order chi connectivity index (χ1) is 15.4. The summed E-state index contributed by atoms with van der Waals surface area (Å²) in [5.41, 5.74) is 1.42. The third kappa shape index (κ3) is 4.90. The number of rotatable bonds is 5. The van der Waals surface area contributed by atoms with E-state index in [4.69, 9.17) is 4.74 Å². The number of carbonyl (C=O) groups excluding carboxylic acids is 1. The average molecular weight is 457 g/mol. The molecule has 2 aromatic carbocycles. The van der Waals surface area contributed by atoms with Gasteiger partial charge in [0, 0.05) is 25.2 Å². The molecule has 0 N–H and O–H groups in total. The van der Waals surface area contributed by atoms with Gasteiger partial charge < -0.3 is 9.64 Å². The number of ether oxygens (including phenoxy) is 1. The Hall–Kier alpha value is -2.22. The van der Waals surface area contributed by atoms with Gasteiger partial charge in [0.05, 0.1) is 17.5 Å². The smallest absolute Gasteiger partial charge is 0.254 e. The van der Waals surface area contributed by atoms with Crippen molar-refractivity contribution in [2.24, 2.45) is 0 Å². The zero-order chi connectivity index (χ0) is 22.7. The molecule has 4 rings (SSSR count). The van der Waals surface area contributed by atoms with Gasteiger partial charge in [-0.3, -0.25) is 4.79 Å². The second-order valence-corrected chi connectivity index (χ2v) is 10.9. The third-order valence-electron chi connectivity index (χ3n) is 6.57. The van der Waals surface area contributed by atoms with Crippen molar-refractivity contribution in [3.8, 4) is 0 Å². The Morgan fingerprint density at radius 1 is 1.00 bits per heavy atom. The van der Waals surface area contributed by atoms with E-state index in [-0.39, 0.29) is 29.1 Å². The lowest BCUT2D eigenvalue weighted by atomic mass is 9.96. The molecule has 0 spiro atoms. The van der Waals surface area contributed by atoms with Crippen LogP contribution >= 0.6 is 0 Å². The van der Waals surface area contributed by atoms with Crippen LogP contribution in [-0.2, 0) is 14.8 Å². The number of carbonyl (C=O) groups is 1. The van der Waals surface area contributed by atoms with Gasteiger partial charge in [-0.15, -0.1) is 0 Å². The van der Waals surface area contributed by atoms with Crippen molar-refractivity contribution in [3.05, 3.63) is 65.7 Å². The van der Waals surface area contributed by atoms with Crippen LogP contribution in [0, 0.1) is 0 Å². The molecule has 1 saturated heterocycles. The second kappa shape index (κ2) is 9.73. The van der Waals surface area contributed by atoms with Gasteiger partial charge in [0.2, 0.25) is 10.0 Å². The second-order valence-electron chi connectivity index (χ2n) is 8.90. The summed E-state index contributed by atoms with van der Waals surface area (Å²) in [6, 6.07) is 16.4. The maximum Gasteiger partial charge on any atom is 0.254 e. The molecule has 2 unspecified atom stereocenters. The van der Waals surface area contributed by atoms with Crippen LogP contribution in [-0.4, -0.2) is 55.8 Å². The van der Waals surface area contributed by atoms with E-state index >= 15 is 0 Å². The molecular weight excluding hydrogens is 424 g/mol. The lowest BCUT2D eigenvalue weighted by Crippen LogP contribution is -2.46. The molecule has 32 heavy (non-hydrogen) atoms. The van der Waals surface area contributed by atoms with Crippen LogP contribution in [0.2, 0.25) is 0 Å². The number of morpholine rings is 1. The van der Waals surface area contributed by atoms with E-state index in [1.807, 2.05) is 37.3 Å². The molecule has 2 atom stereocenters. The molecule has 0 bridgehead atoms. The SMILES string of the molecule is CC1CN(C(=O)c2cccc(S(=O)(=O)N(C)C3CCCCC3)c2)CC(c2ccccc2)O1. The zero-order valence-corrected chi connectivity index (χ0v) is 19.6. The van der Waals surface area contributed by atoms with E-state index in [2.05, 4.69) is 0 Å². The minimum atomic E-state index is -3.65. The molecule has 7 heteroatoms. The van der Waals surface area contributed by atoms with Crippen molar-refractivity contribution in [2.45, 2.75) is 62.2 Å². The molecule has 172 valence electrons. The molecule has 0 aromatic heterocycles. The maximum atomic E-state index is 13.3. The van der Waals surface area contributed by atoms with Crippen molar-refractivity contribution in [1.82, 2.24) is 9.21 Å². The summed E-state index contributed by atoms with van der Waals surface area (Å²) in [6.07, 6.45) is 4.75. The lowest BCUT2D eigenvalue weighted by molar-refractivity contribution is -0.0691. The lowest BCUT2D eigenvalue weighted by Gasteiger charge is -2.37. The predicted octanol–water partition coefficient (Wildman–Crippen LogP) is 4.24. The Morgan fingerprint density at radius 3 is 2.44 bits per heavy atom. The third-order valence-corrected chi connectivity index (χ3v) is 8.47. The van der Waals surface area contributed by atoms with Gasteiger partial charge >= 0.3 is 0 Å². The number of nitrogens with zero attached hydrogens (tertiary/aromatic N) is 2. The minimum Gasteiger partial charge on any atom is -0.367 e. The van der Waals surface area contributed by atoms with Gasteiger partial charge in [0.25, 0.3) is 5.91 Å². The molecule has 6 nitrogen and oxygen atoms in total. The highest BCUT2D eigenvalue weighted by atomic mass is 32.2. The molecule has 2 aliphatic rings. The minimum absolute atomic E-state index is 0.0276. The Kier molecular flexibility index (Phi) is 6.98. The number of amides is 1. The summed E-state index contributed by atoms with van der Waals surface area (Å²) in [6.45, 7) is 2.86. The van der Waals surface area contributed by atoms with Crippen LogP contribution in [0.4, 0.5) is 0 Å². The number of benzene rings is 2. The molecule has 1 amide bonds. The van der Waals surface area contributed by atoms with Crippen molar-refractivity contribution >= 4 is 15.9 Å². The fourth-order valence-corrected chi connectivity index (χ4v) is 6.21. The highest BCUT2D eigenvalue weighted by molar-refractivity contribution is 7.89. The summed E-state index contributed by atoms with van der Waals surface area (Å²) in [7, 11) is -1.99. The average Bonchev–Trinajstić information content (AvgIpc) is 2.84. The van der Waals surface area contributed by atoms with E-state index in [9.17, 15) is 13.2 Å². The molecule has 2 aromatic rings. The normalized spacial score (nSPS) is 22.8. The van der Waals surface area contributed by atoms with Crippen molar-refractivity contribution in [3.63, 3.8) is 0 Å². The van der Waals surface area contributed by atoms with Crippen LogP contribution in [0.1, 0.15) is 61.1 Å². The quantitative estimate of drug-likeness (QED) is 0.675. The Bertz CT molecular complexity index is 1030. The monoisotopic (exact) mass is 456 g/mol. The first-order valence-electron chi connectivity index (χ1n) is 11.4. The Morgan fingerprint density at radius 2 is 1.72 bits per heavy atom. The first-order valence-corrected chi connectivity index (χ1v) is 12.9. The zero-order valence-electron chi connectivity index (χ0n) is 18.8. The molecule has 1 heterocycles. The highest BCUT2D eigenvalue weighted by Gasteiger charge is 2.32. The summed E-state index contributed by atoms with van der Waals surface area (Å²) < 4.78 is 34.1. The van der Waals surface area contributed by atoms with Gasteiger partial charge in [-0.25, -0.2) is 8.42 Å². The molecule has 2 fully saturated rings. The summed E-state index contributed by atoms with van der Waals surface area (Å²) in [5.74, 6) is -0.168. The summed E-state index contributed by atoms with van der Waals surface area (Å²) in [5, 5.41) is 0. The number of sulfonamides is 1. The fraction of sp³-hybridized carbons (Fsp3) is 0.480. The molecule has 1 aliphatic carbocycles. The largest absolute Gasteiger partial charge is 0.367 e. The molecule has 1 saturated carbocycles. The van der Waals surface area contributed by atoms with Crippen LogP contribution in [0.15, 0.2) is 59.5 Å². The highest BCUT2D eigenvalue weighted by Crippen LogP contribution is 2.29. The van der Waals surface area contributed by atoms with E-state index in [0.29, 0.717) is 18.7 Å². The first kappa shape index (κ1) is 23.0. The Labute approximate surface area is 191 Å². The van der Waals surface area contributed by atoms with Gasteiger partial charge in [0.1, 0.15) is 6.10 Å². The maximum absolute atomic E-state index is 13.3. The van der Waals surface area contributed by atoms with Crippen molar-refractivity contribution in [2.75, 3.05) is 20.1 Å². The van der Waals surface area contributed by atoms with Gasteiger partial charge in [-0.1, -0.05) is 55.7 Å². The standard InChI is InChI=1S/C25H32N2O4S/c1-19-17-27(18-24(31-19)20-10-5-3-6-11-20)25(28)21-12-9-15-23(16-21)32(29,30)26(2)22-13-7-4-8-14-22/h3,5-6,9-12,15-16,19,22,24H,4,7-8,13-14,17-18H2,1-2H3. The Balaban J connectivity index is 1.54. The number of hydrogen-bond donors (Lipinski definition) is 0. The van der Waals surface area contributed by atoms with E-state index in [1.165, 1.54) is 10.4 Å². The predicted molar refractivity (Wildman–Crippen MR) is 124 cm³/mol. The topological polar surface area (TPSA) is 66.9 Å².